The van der Waals surface area contributed by atoms with Crippen LogP contribution in [0.25, 0.3) is 0 Å². The van der Waals surface area contributed by atoms with Gasteiger partial charge in [-0.15, -0.1) is 11.8 Å². The number of benzene rings is 1. The van der Waals surface area contributed by atoms with Gasteiger partial charge < -0.3 is 44.1 Å². The molecule has 3 amide bonds. The molecule has 1 aromatic rings. The minimum atomic E-state index is -3.81. The standard InChI is InChI=1S/C39H48N4O15S2/c1-20(16-26(45)54-6)40-27(21-10-8-7-9-11-21)31(46)41-28-32(47)43-29(38(2,3)59-33(28)43)36(50)57-18-55-34(48)22-12-14-23(15-13-22)35(49)56-19-58-37(51)30-39(4,5)60(52,53)25-17-24(44)42(25)30/h7-11,16,22-23,25,27-30,33,40H,12-15,17-19H2,1-6H3,(H,41,46)/t22?,23?,25-,27?,28-,29+,30+,33-/m1/s1. The van der Waals surface area contributed by atoms with Crippen molar-refractivity contribution in [3.8, 4) is 0 Å². The second kappa shape index (κ2) is 17.1. The lowest BCUT2D eigenvalue weighted by molar-refractivity contribution is -0.181. The van der Waals surface area contributed by atoms with Crippen molar-refractivity contribution in [1.82, 2.24) is 20.4 Å². The highest BCUT2D eigenvalue weighted by Gasteiger charge is 2.68. The largest absolute Gasteiger partial charge is 0.466 e. The van der Waals surface area contributed by atoms with Gasteiger partial charge in [-0.25, -0.2) is 22.8 Å². The number of hydrogen-bond acceptors (Lipinski definition) is 17. The number of β-lactam (4-membered cyclic amide) rings is 2. The molecule has 0 bridgehead atoms. The van der Waals surface area contributed by atoms with Gasteiger partial charge in [-0.2, -0.15) is 0 Å². The molecule has 0 aromatic heterocycles. The summed E-state index contributed by atoms with van der Waals surface area (Å²) < 4.78 is 48.5. The maximum absolute atomic E-state index is 13.6. The molecule has 1 saturated carbocycles. The van der Waals surface area contributed by atoms with Gasteiger partial charge in [-0.05, 0) is 65.9 Å². The number of carbonyl (C=O) groups excluding carboxylic acids is 8. The molecule has 5 fully saturated rings. The van der Waals surface area contributed by atoms with E-state index in [1.54, 1.807) is 51.1 Å². The molecule has 5 aliphatic rings. The predicted molar refractivity (Wildman–Crippen MR) is 208 cm³/mol. The Morgan fingerprint density at radius 3 is 1.90 bits per heavy atom. The molecular formula is C39H48N4O15S2. The molecule has 2 N–H and O–H groups in total. The number of hydrogen-bond donors (Lipinski definition) is 2. The van der Waals surface area contributed by atoms with Gasteiger partial charge in [0.25, 0.3) is 0 Å². The van der Waals surface area contributed by atoms with Crippen molar-refractivity contribution in [2.24, 2.45) is 11.8 Å². The molecule has 4 saturated heterocycles. The van der Waals surface area contributed by atoms with Gasteiger partial charge in [0.05, 0.1) is 30.1 Å². The SMILES string of the molecule is COC(=O)C=C(C)NC(C(=O)N[C@@H]1C(=O)N2[C@@H]1SC(C)(C)[C@@H]2C(=O)OCOC(=O)C1CCC(C(=O)OCOC(=O)[C@@H]2N3C(=O)C[C@H]3S(=O)(=O)C2(C)C)CC1)c1ccccc1. The number of fused-ring (bicyclic) bond motifs is 2. The second-order valence-electron chi connectivity index (χ2n) is 16.2. The minimum absolute atomic E-state index is 0.201. The Balaban J connectivity index is 0.934. The van der Waals surface area contributed by atoms with Gasteiger partial charge >= 0.3 is 29.8 Å². The number of nitrogens with zero attached hydrogens (tertiary/aromatic N) is 2. The molecule has 21 heteroatoms. The third-order valence-electron chi connectivity index (χ3n) is 11.7. The molecule has 19 nitrogen and oxygen atoms in total. The molecule has 326 valence electrons. The Hall–Kier alpha value is -5.18. The number of allylic oxidation sites excluding steroid dienone is 1. The minimum Gasteiger partial charge on any atom is -0.466 e. The lowest BCUT2D eigenvalue weighted by Crippen LogP contribution is -2.71. The van der Waals surface area contributed by atoms with Crippen LogP contribution in [0, 0.1) is 11.8 Å². The molecule has 1 aromatic carbocycles. The summed E-state index contributed by atoms with van der Waals surface area (Å²) in [5.74, 6) is -6.45. The van der Waals surface area contributed by atoms with Gasteiger partial charge in [0.15, 0.2) is 9.84 Å². The number of carbonyl (C=O) groups is 8. The predicted octanol–water partition coefficient (Wildman–Crippen LogP) is 0.969. The van der Waals surface area contributed by atoms with Gasteiger partial charge in [0, 0.05) is 16.5 Å². The van der Waals surface area contributed by atoms with Gasteiger partial charge in [0.1, 0.15) is 34.9 Å². The molecule has 1 unspecified atom stereocenters. The first-order chi connectivity index (χ1) is 28.2. The van der Waals surface area contributed by atoms with Crippen LogP contribution in [0.4, 0.5) is 0 Å². The summed E-state index contributed by atoms with van der Waals surface area (Å²) in [5, 5.41) is 4.12. The van der Waals surface area contributed by atoms with E-state index >= 15 is 0 Å². The van der Waals surface area contributed by atoms with Gasteiger partial charge in [-0.3, -0.25) is 24.0 Å². The van der Waals surface area contributed by atoms with E-state index in [1.165, 1.54) is 43.7 Å². The van der Waals surface area contributed by atoms with E-state index in [0.717, 1.165) is 4.90 Å². The molecule has 4 heterocycles. The number of rotatable bonds is 14. The van der Waals surface area contributed by atoms with Crippen molar-refractivity contribution < 1.29 is 70.5 Å². The second-order valence-corrected chi connectivity index (χ2v) is 20.7. The average molecular weight is 877 g/mol. The summed E-state index contributed by atoms with van der Waals surface area (Å²) in [6, 6.07) is 4.39. The Bertz CT molecular complexity index is 2080. The Morgan fingerprint density at radius 2 is 1.37 bits per heavy atom. The molecule has 60 heavy (non-hydrogen) atoms. The molecule has 1 aliphatic carbocycles. The summed E-state index contributed by atoms with van der Waals surface area (Å²) >= 11 is 1.31. The van der Waals surface area contributed by atoms with E-state index in [2.05, 4.69) is 15.4 Å². The van der Waals surface area contributed by atoms with Crippen molar-refractivity contribution >= 4 is 69.2 Å². The fourth-order valence-corrected chi connectivity index (χ4v) is 12.0. The highest BCUT2D eigenvalue weighted by atomic mass is 32.2. The number of methoxy groups -OCH3 is 1. The fraction of sp³-hybridized carbons (Fsp3) is 0.590. The third kappa shape index (κ3) is 8.29. The van der Waals surface area contributed by atoms with Crippen LogP contribution in [0.1, 0.15) is 78.3 Å². The zero-order valence-corrected chi connectivity index (χ0v) is 35.5. The summed E-state index contributed by atoms with van der Waals surface area (Å²) in [5.41, 5.74) is 0.937. The number of nitrogens with one attached hydrogen (secondary N) is 2. The fourth-order valence-electron chi connectivity index (χ4n) is 8.27. The van der Waals surface area contributed by atoms with E-state index in [-0.39, 0.29) is 32.1 Å². The number of ether oxygens (including phenoxy) is 5. The summed E-state index contributed by atoms with van der Waals surface area (Å²) in [7, 11) is -2.58. The van der Waals surface area contributed by atoms with Crippen LogP contribution in [-0.2, 0) is 71.9 Å². The molecule has 4 aliphatic heterocycles. The lowest BCUT2D eigenvalue weighted by Gasteiger charge is -2.44. The lowest BCUT2D eigenvalue weighted by atomic mass is 9.82. The number of thioether (sulfide) groups is 1. The van der Waals surface area contributed by atoms with E-state index in [9.17, 15) is 46.8 Å². The zero-order valence-electron chi connectivity index (χ0n) is 33.9. The summed E-state index contributed by atoms with van der Waals surface area (Å²) in [6.45, 7) is 6.32. The maximum atomic E-state index is 13.6. The zero-order chi connectivity index (χ0) is 43.9. The maximum Gasteiger partial charge on any atom is 0.333 e. The van der Waals surface area contributed by atoms with Crippen molar-refractivity contribution in [1.29, 1.82) is 0 Å². The Kier molecular flexibility index (Phi) is 12.6. The Labute approximate surface area is 350 Å². The molecule has 0 radical (unpaired) electrons. The van der Waals surface area contributed by atoms with E-state index in [4.69, 9.17) is 18.9 Å². The molecular weight excluding hydrogens is 829 g/mol. The smallest absolute Gasteiger partial charge is 0.333 e. The van der Waals surface area contributed by atoms with Crippen molar-refractivity contribution in [3.05, 3.63) is 47.7 Å². The molecule has 0 spiro atoms. The van der Waals surface area contributed by atoms with Gasteiger partial charge in [0.2, 0.25) is 31.3 Å². The van der Waals surface area contributed by atoms with Crippen LogP contribution in [0.2, 0.25) is 0 Å². The summed E-state index contributed by atoms with van der Waals surface area (Å²) in [4.78, 5) is 105. The normalized spacial score (nSPS) is 28.7. The highest BCUT2D eigenvalue weighted by molar-refractivity contribution is 8.01. The number of sulfone groups is 1. The Morgan fingerprint density at radius 1 is 0.833 bits per heavy atom. The topological polar surface area (TPSA) is 247 Å². The van der Waals surface area contributed by atoms with Crippen molar-refractivity contribution in [2.75, 3.05) is 20.7 Å². The molecule has 6 rings (SSSR count). The first kappa shape index (κ1) is 44.4. The summed E-state index contributed by atoms with van der Waals surface area (Å²) in [6.07, 6.45) is 2.00. The van der Waals surface area contributed by atoms with Crippen molar-refractivity contribution in [2.45, 2.75) is 111 Å². The van der Waals surface area contributed by atoms with E-state index in [0.29, 0.717) is 11.3 Å². The van der Waals surface area contributed by atoms with E-state index in [1.807, 2.05) is 0 Å². The van der Waals surface area contributed by atoms with Crippen LogP contribution in [0.15, 0.2) is 42.1 Å². The van der Waals surface area contributed by atoms with Crippen LogP contribution in [-0.4, -0.2) is 125 Å². The average Bonchev–Trinajstić information content (AvgIpc) is 3.53. The van der Waals surface area contributed by atoms with Crippen LogP contribution in [0.3, 0.4) is 0 Å². The van der Waals surface area contributed by atoms with Crippen molar-refractivity contribution in [3.63, 3.8) is 0 Å². The van der Waals surface area contributed by atoms with Gasteiger partial charge in [-0.1, -0.05) is 30.3 Å². The monoisotopic (exact) mass is 876 g/mol. The number of esters is 5. The third-order valence-corrected chi connectivity index (χ3v) is 16.0. The van der Waals surface area contributed by atoms with Crippen LogP contribution < -0.4 is 10.6 Å². The highest BCUT2D eigenvalue weighted by Crippen LogP contribution is 2.51. The van der Waals surface area contributed by atoms with E-state index < -0.39 is 127 Å². The first-order valence-corrected chi connectivity index (χ1v) is 21.7. The quantitative estimate of drug-likeness (QED) is 0.0869. The van der Waals surface area contributed by atoms with Crippen LogP contribution in [0.5, 0.6) is 0 Å². The number of amides is 3. The van der Waals surface area contributed by atoms with Crippen LogP contribution >= 0.6 is 11.8 Å². The first-order valence-electron chi connectivity index (χ1n) is 19.3. The molecule has 6 atom stereocenters.